The third kappa shape index (κ3) is 4.21. The van der Waals surface area contributed by atoms with Gasteiger partial charge in [-0.15, -0.1) is 10.2 Å². The molecular weight excluding hydrogens is 372 g/mol. The number of hydrogen-bond donors (Lipinski definition) is 2. The smallest absolute Gasteiger partial charge is 0.276 e. The van der Waals surface area contributed by atoms with E-state index in [2.05, 4.69) is 20.8 Å². The fourth-order valence-electron chi connectivity index (χ4n) is 2.90. The first-order valence-corrected chi connectivity index (χ1v) is 9.04. The van der Waals surface area contributed by atoms with Crippen LogP contribution in [0.4, 0.5) is 11.5 Å². The van der Waals surface area contributed by atoms with Crippen LogP contribution in [0.15, 0.2) is 48.5 Å². The summed E-state index contributed by atoms with van der Waals surface area (Å²) in [6.07, 6.45) is 0. The molecule has 1 amide bonds. The fraction of sp³-hybridized carbons (Fsp3) is 0.190. The molecule has 2 aromatic carbocycles. The highest BCUT2D eigenvalue weighted by Crippen LogP contribution is 2.32. The summed E-state index contributed by atoms with van der Waals surface area (Å²) in [5, 5.41) is 14.1. The zero-order chi connectivity index (χ0) is 20.2. The molecule has 0 fully saturated rings. The van der Waals surface area contributed by atoms with Crippen LogP contribution in [-0.2, 0) is 6.54 Å². The third-order valence-corrected chi connectivity index (χ3v) is 4.41. The van der Waals surface area contributed by atoms with Crippen LogP contribution in [0.3, 0.4) is 0 Å². The number of nitrogens with one attached hydrogen (secondary N) is 2. The van der Waals surface area contributed by atoms with E-state index in [1.54, 1.807) is 25.3 Å². The summed E-state index contributed by atoms with van der Waals surface area (Å²) in [5.74, 6) is 2.26. The van der Waals surface area contributed by atoms with Crippen molar-refractivity contribution >= 4 is 17.4 Å². The van der Waals surface area contributed by atoms with Crippen LogP contribution in [0.5, 0.6) is 17.2 Å². The van der Waals surface area contributed by atoms with Crippen LogP contribution >= 0.6 is 0 Å². The second-order valence-corrected chi connectivity index (χ2v) is 6.50. The van der Waals surface area contributed by atoms with E-state index in [1.165, 1.54) is 0 Å². The van der Waals surface area contributed by atoms with Crippen molar-refractivity contribution in [3.63, 3.8) is 0 Å². The second kappa shape index (κ2) is 8.05. The lowest BCUT2D eigenvalue weighted by Gasteiger charge is -2.11. The Bertz CT molecular complexity index is 1040. The van der Waals surface area contributed by atoms with Gasteiger partial charge in [0.15, 0.2) is 17.2 Å². The van der Waals surface area contributed by atoms with Crippen molar-refractivity contribution in [2.24, 2.45) is 0 Å². The second-order valence-electron chi connectivity index (χ2n) is 6.50. The predicted octanol–water partition coefficient (Wildman–Crippen LogP) is 3.39. The zero-order valence-electron chi connectivity index (χ0n) is 16.1. The molecule has 0 atom stereocenters. The van der Waals surface area contributed by atoms with Crippen LogP contribution < -0.4 is 24.8 Å². The van der Waals surface area contributed by atoms with Crippen molar-refractivity contribution < 1.29 is 19.0 Å². The van der Waals surface area contributed by atoms with Gasteiger partial charge in [0.05, 0.1) is 12.8 Å². The molecular formula is C21H20N4O4. The summed E-state index contributed by atoms with van der Waals surface area (Å²) >= 11 is 0. The molecule has 2 N–H and O–H groups in total. The normalized spacial score (nSPS) is 11.8. The van der Waals surface area contributed by atoms with Gasteiger partial charge in [-0.25, -0.2) is 0 Å². The minimum Gasteiger partial charge on any atom is -0.495 e. The molecule has 0 saturated heterocycles. The topological polar surface area (TPSA) is 94.6 Å². The summed E-state index contributed by atoms with van der Waals surface area (Å²) in [5.41, 5.74) is 2.83. The molecule has 148 valence electrons. The quantitative estimate of drug-likeness (QED) is 0.664. The maximum atomic E-state index is 12.5. The number of aromatic nitrogens is 2. The molecule has 0 aliphatic carbocycles. The van der Waals surface area contributed by atoms with E-state index >= 15 is 0 Å². The Morgan fingerprint density at radius 3 is 2.72 bits per heavy atom. The predicted molar refractivity (Wildman–Crippen MR) is 108 cm³/mol. The first-order chi connectivity index (χ1) is 14.1. The Hall–Kier alpha value is -3.81. The highest BCUT2D eigenvalue weighted by molar-refractivity contribution is 6.03. The van der Waals surface area contributed by atoms with Gasteiger partial charge in [-0.3, -0.25) is 4.79 Å². The highest BCUT2D eigenvalue weighted by atomic mass is 16.7. The molecule has 0 saturated carbocycles. The van der Waals surface area contributed by atoms with Crippen LogP contribution in [0.1, 0.15) is 21.6 Å². The minimum absolute atomic E-state index is 0.210. The molecule has 1 aromatic heterocycles. The lowest BCUT2D eigenvalue weighted by Crippen LogP contribution is -2.15. The number of benzene rings is 2. The highest BCUT2D eigenvalue weighted by Gasteiger charge is 2.14. The maximum absolute atomic E-state index is 12.5. The van der Waals surface area contributed by atoms with Gasteiger partial charge in [0, 0.05) is 6.54 Å². The van der Waals surface area contributed by atoms with Crippen molar-refractivity contribution in [1.29, 1.82) is 0 Å². The number of ether oxygens (including phenoxy) is 3. The fourth-order valence-corrected chi connectivity index (χ4v) is 2.90. The van der Waals surface area contributed by atoms with Crippen LogP contribution in [0, 0.1) is 6.92 Å². The van der Waals surface area contributed by atoms with E-state index in [0.29, 0.717) is 23.8 Å². The molecule has 0 bridgehead atoms. The molecule has 8 nitrogen and oxygen atoms in total. The minimum atomic E-state index is -0.358. The zero-order valence-corrected chi connectivity index (χ0v) is 16.1. The monoisotopic (exact) mass is 392 g/mol. The summed E-state index contributed by atoms with van der Waals surface area (Å²) in [7, 11) is 1.56. The number of amides is 1. The number of anilines is 2. The van der Waals surface area contributed by atoms with Crippen molar-refractivity contribution in [2.75, 3.05) is 24.5 Å². The Morgan fingerprint density at radius 2 is 1.93 bits per heavy atom. The van der Waals surface area contributed by atoms with Gasteiger partial charge in [0.25, 0.3) is 5.91 Å². The van der Waals surface area contributed by atoms with Crippen LogP contribution in [0.25, 0.3) is 0 Å². The van der Waals surface area contributed by atoms with Gasteiger partial charge in [0.2, 0.25) is 6.79 Å². The molecule has 8 heteroatoms. The van der Waals surface area contributed by atoms with Crippen molar-refractivity contribution in [1.82, 2.24) is 10.2 Å². The molecule has 29 heavy (non-hydrogen) atoms. The SMILES string of the molecule is COc1ccc(C)cc1NC(=O)c1ccc(NCc2ccc3c(c2)OCO3)nn1. The van der Waals surface area contributed by atoms with Gasteiger partial charge < -0.3 is 24.8 Å². The van der Waals surface area contributed by atoms with Gasteiger partial charge in [-0.05, 0) is 54.4 Å². The third-order valence-electron chi connectivity index (χ3n) is 4.41. The van der Waals surface area contributed by atoms with E-state index < -0.39 is 0 Å². The van der Waals surface area contributed by atoms with Crippen LogP contribution in [-0.4, -0.2) is 30.0 Å². The number of methoxy groups -OCH3 is 1. The van der Waals surface area contributed by atoms with Crippen molar-refractivity contribution in [2.45, 2.75) is 13.5 Å². The standard InChI is InChI=1S/C21H20N4O4/c1-13-3-6-17(27-2)16(9-13)23-21(26)15-5-8-20(25-24-15)22-11-14-4-7-18-19(10-14)29-12-28-18/h3-10H,11-12H2,1-2H3,(H,22,25)(H,23,26). The molecule has 2 heterocycles. The molecule has 0 radical (unpaired) electrons. The number of rotatable bonds is 6. The number of carbonyl (C=O) groups is 1. The van der Waals surface area contributed by atoms with Gasteiger partial charge >= 0.3 is 0 Å². The number of aryl methyl sites for hydroxylation is 1. The lowest BCUT2D eigenvalue weighted by atomic mass is 10.2. The van der Waals surface area contributed by atoms with Gasteiger partial charge in [-0.2, -0.15) is 0 Å². The van der Waals surface area contributed by atoms with E-state index in [0.717, 1.165) is 22.6 Å². The van der Waals surface area contributed by atoms with E-state index in [-0.39, 0.29) is 18.4 Å². The number of hydrogen-bond acceptors (Lipinski definition) is 7. The number of carbonyl (C=O) groups excluding carboxylic acids is 1. The van der Waals surface area contributed by atoms with Gasteiger partial charge in [0.1, 0.15) is 11.6 Å². The summed E-state index contributed by atoms with van der Waals surface area (Å²) in [6, 6.07) is 14.6. The van der Waals surface area contributed by atoms with E-state index in [1.807, 2.05) is 37.3 Å². The Kier molecular flexibility index (Phi) is 5.15. The average molecular weight is 392 g/mol. The molecule has 3 aromatic rings. The summed E-state index contributed by atoms with van der Waals surface area (Å²) in [6.45, 7) is 2.72. The Labute approximate surface area is 167 Å². The largest absolute Gasteiger partial charge is 0.495 e. The lowest BCUT2D eigenvalue weighted by molar-refractivity contribution is 0.102. The molecule has 0 unspecified atom stereocenters. The molecule has 1 aliphatic heterocycles. The van der Waals surface area contributed by atoms with Gasteiger partial charge in [-0.1, -0.05) is 12.1 Å². The van der Waals surface area contributed by atoms with Crippen molar-refractivity contribution in [3.8, 4) is 17.2 Å². The summed E-state index contributed by atoms with van der Waals surface area (Å²) < 4.78 is 16.0. The Morgan fingerprint density at radius 1 is 1.07 bits per heavy atom. The van der Waals surface area contributed by atoms with Crippen LogP contribution in [0.2, 0.25) is 0 Å². The first kappa shape index (κ1) is 18.5. The molecule has 4 rings (SSSR count). The number of fused-ring (bicyclic) bond motifs is 1. The molecule has 1 aliphatic rings. The van der Waals surface area contributed by atoms with E-state index in [9.17, 15) is 4.79 Å². The number of nitrogens with zero attached hydrogens (tertiary/aromatic N) is 2. The van der Waals surface area contributed by atoms with E-state index in [4.69, 9.17) is 14.2 Å². The maximum Gasteiger partial charge on any atom is 0.276 e. The first-order valence-electron chi connectivity index (χ1n) is 9.04. The summed E-state index contributed by atoms with van der Waals surface area (Å²) in [4.78, 5) is 12.5. The van der Waals surface area contributed by atoms with Crippen molar-refractivity contribution in [3.05, 3.63) is 65.4 Å². The average Bonchev–Trinajstić information content (AvgIpc) is 3.21. The molecule has 0 spiro atoms. The Balaban J connectivity index is 1.38.